The van der Waals surface area contributed by atoms with Crippen molar-refractivity contribution in [2.45, 2.75) is 6.54 Å². The molecule has 6 heteroatoms. The smallest absolute Gasteiger partial charge is 0.238 e. The number of ether oxygens (including phenoxy) is 1. The first-order chi connectivity index (χ1) is 7.78. The van der Waals surface area contributed by atoms with E-state index in [4.69, 9.17) is 4.74 Å². The van der Waals surface area contributed by atoms with Crippen LogP contribution < -0.4 is 10.1 Å². The summed E-state index contributed by atoms with van der Waals surface area (Å²) in [5.74, 6) is 1.12. The zero-order chi connectivity index (χ0) is 11.4. The minimum absolute atomic E-state index is 0.473. The standard InChI is InChI=1S/C10H13N5O/c1-11-3-8-4-12-6-10(14-8)16-9-5-13-15(2)7-9/h4-7,11H,3H2,1-2H3. The Labute approximate surface area is 93.3 Å². The topological polar surface area (TPSA) is 64.9 Å². The molecule has 2 heterocycles. The molecule has 84 valence electrons. The second-order valence-electron chi connectivity index (χ2n) is 3.33. The van der Waals surface area contributed by atoms with Crippen molar-refractivity contribution < 1.29 is 4.74 Å². The van der Waals surface area contributed by atoms with Gasteiger partial charge in [0.05, 0.1) is 24.3 Å². The Morgan fingerprint density at radius 1 is 1.38 bits per heavy atom. The van der Waals surface area contributed by atoms with Gasteiger partial charge in [-0.2, -0.15) is 5.10 Å². The van der Waals surface area contributed by atoms with Crippen LogP contribution in [0.25, 0.3) is 0 Å². The van der Waals surface area contributed by atoms with Gasteiger partial charge in [0.15, 0.2) is 5.75 Å². The lowest BCUT2D eigenvalue weighted by Gasteiger charge is -2.03. The number of aryl methyl sites for hydroxylation is 1. The zero-order valence-corrected chi connectivity index (χ0v) is 9.21. The largest absolute Gasteiger partial charge is 0.434 e. The first-order valence-corrected chi connectivity index (χ1v) is 4.90. The summed E-state index contributed by atoms with van der Waals surface area (Å²) in [6.45, 7) is 0.664. The minimum Gasteiger partial charge on any atom is -0.434 e. The Kier molecular flexibility index (Phi) is 3.11. The second kappa shape index (κ2) is 4.71. The quantitative estimate of drug-likeness (QED) is 0.820. The van der Waals surface area contributed by atoms with Crippen LogP contribution in [-0.4, -0.2) is 26.8 Å². The van der Waals surface area contributed by atoms with E-state index in [1.807, 2.05) is 14.1 Å². The fourth-order valence-corrected chi connectivity index (χ4v) is 1.27. The lowest BCUT2D eigenvalue weighted by Crippen LogP contribution is -2.07. The molecule has 0 aliphatic carbocycles. The molecule has 0 aliphatic heterocycles. The summed E-state index contributed by atoms with van der Waals surface area (Å²) in [7, 11) is 3.69. The first kappa shape index (κ1) is 10.6. The molecule has 2 aromatic rings. The van der Waals surface area contributed by atoms with Crippen LogP contribution in [0.2, 0.25) is 0 Å². The summed E-state index contributed by atoms with van der Waals surface area (Å²) < 4.78 is 7.17. The van der Waals surface area contributed by atoms with Crippen molar-refractivity contribution in [2.75, 3.05) is 7.05 Å². The lowest BCUT2D eigenvalue weighted by atomic mass is 10.4. The SMILES string of the molecule is CNCc1cncc(Oc2cnn(C)c2)n1. The molecule has 0 fully saturated rings. The molecule has 0 saturated carbocycles. The molecule has 0 spiro atoms. The maximum Gasteiger partial charge on any atom is 0.238 e. The molecule has 0 radical (unpaired) electrons. The summed E-state index contributed by atoms with van der Waals surface area (Å²) in [5.41, 5.74) is 0.837. The van der Waals surface area contributed by atoms with Gasteiger partial charge >= 0.3 is 0 Å². The monoisotopic (exact) mass is 219 g/mol. The lowest BCUT2D eigenvalue weighted by molar-refractivity contribution is 0.456. The van der Waals surface area contributed by atoms with Gasteiger partial charge in [-0.3, -0.25) is 9.67 Å². The molecule has 2 aromatic heterocycles. The van der Waals surface area contributed by atoms with E-state index in [1.165, 1.54) is 0 Å². The van der Waals surface area contributed by atoms with E-state index < -0.39 is 0 Å². The van der Waals surface area contributed by atoms with E-state index in [0.717, 1.165) is 5.69 Å². The molecule has 0 unspecified atom stereocenters. The Morgan fingerprint density at radius 2 is 2.25 bits per heavy atom. The van der Waals surface area contributed by atoms with Crippen LogP contribution in [-0.2, 0) is 13.6 Å². The molecule has 6 nitrogen and oxygen atoms in total. The summed E-state index contributed by atoms with van der Waals surface area (Å²) in [6.07, 6.45) is 6.68. The van der Waals surface area contributed by atoms with Gasteiger partial charge in [0.25, 0.3) is 0 Å². The third-order valence-electron chi connectivity index (χ3n) is 1.92. The summed E-state index contributed by atoms with van der Waals surface area (Å²) in [6, 6.07) is 0. The summed E-state index contributed by atoms with van der Waals surface area (Å²) in [5, 5.41) is 7.01. The molecule has 2 rings (SSSR count). The maximum absolute atomic E-state index is 5.50. The van der Waals surface area contributed by atoms with Crippen molar-refractivity contribution >= 4 is 0 Å². The molecule has 0 bridgehead atoms. The molecule has 0 atom stereocenters. The number of hydrogen-bond acceptors (Lipinski definition) is 5. The van der Waals surface area contributed by atoms with Crippen LogP contribution in [0.3, 0.4) is 0 Å². The van der Waals surface area contributed by atoms with Crippen molar-refractivity contribution in [1.29, 1.82) is 0 Å². The summed E-state index contributed by atoms with van der Waals surface area (Å²) >= 11 is 0. The third-order valence-corrected chi connectivity index (χ3v) is 1.92. The van der Waals surface area contributed by atoms with Gasteiger partial charge in [-0.25, -0.2) is 4.98 Å². The minimum atomic E-state index is 0.473. The molecular weight excluding hydrogens is 206 g/mol. The average Bonchev–Trinajstić information content (AvgIpc) is 2.65. The predicted molar refractivity (Wildman–Crippen MR) is 58.1 cm³/mol. The van der Waals surface area contributed by atoms with Crippen LogP contribution in [0.1, 0.15) is 5.69 Å². The van der Waals surface area contributed by atoms with E-state index in [0.29, 0.717) is 18.2 Å². The van der Waals surface area contributed by atoms with Gasteiger partial charge in [-0.15, -0.1) is 0 Å². The van der Waals surface area contributed by atoms with Gasteiger partial charge in [0.1, 0.15) is 0 Å². The highest BCUT2D eigenvalue weighted by Crippen LogP contribution is 2.16. The molecule has 16 heavy (non-hydrogen) atoms. The van der Waals surface area contributed by atoms with Crippen molar-refractivity contribution in [1.82, 2.24) is 25.1 Å². The van der Waals surface area contributed by atoms with Crippen LogP contribution in [0.5, 0.6) is 11.6 Å². The van der Waals surface area contributed by atoms with E-state index in [2.05, 4.69) is 20.4 Å². The highest BCUT2D eigenvalue weighted by molar-refractivity contribution is 5.20. The van der Waals surface area contributed by atoms with E-state index in [9.17, 15) is 0 Å². The van der Waals surface area contributed by atoms with E-state index in [1.54, 1.807) is 29.5 Å². The number of nitrogens with one attached hydrogen (secondary N) is 1. The van der Waals surface area contributed by atoms with Crippen LogP contribution in [0, 0.1) is 0 Å². The molecule has 0 amide bonds. The second-order valence-corrected chi connectivity index (χ2v) is 3.33. The Morgan fingerprint density at radius 3 is 2.94 bits per heavy atom. The van der Waals surface area contributed by atoms with Crippen molar-refractivity contribution in [3.8, 4) is 11.6 Å². The fourth-order valence-electron chi connectivity index (χ4n) is 1.27. The Hall–Kier alpha value is -1.95. The van der Waals surface area contributed by atoms with Gasteiger partial charge in [-0.05, 0) is 7.05 Å². The molecule has 0 saturated heterocycles. The van der Waals surface area contributed by atoms with Gasteiger partial charge < -0.3 is 10.1 Å². The van der Waals surface area contributed by atoms with Gasteiger partial charge in [0, 0.05) is 19.8 Å². The average molecular weight is 219 g/mol. The molecular formula is C10H13N5O. The number of hydrogen-bond donors (Lipinski definition) is 1. The Bertz CT molecular complexity index is 468. The molecule has 0 aromatic carbocycles. The predicted octanol–water partition coefficient (Wildman–Crippen LogP) is 0.722. The number of nitrogens with zero attached hydrogens (tertiary/aromatic N) is 4. The normalized spacial score (nSPS) is 10.4. The highest BCUT2D eigenvalue weighted by Gasteiger charge is 2.02. The molecule has 1 N–H and O–H groups in total. The highest BCUT2D eigenvalue weighted by atomic mass is 16.5. The van der Waals surface area contributed by atoms with Gasteiger partial charge in [-0.1, -0.05) is 0 Å². The molecule has 0 aliphatic rings. The van der Waals surface area contributed by atoms with Crippen molar-refractivity contribution in [3.63, 3.8) is 0 Å². The summed E-state index contributed by atoms with van der Waals surface area (Å²) in [4.78, 5) is 8.33. The van der Waals surface area contributed by atoms with Crippen molar-refractivity contribution in [2.24, 2.45) is 7.05 Å². The zero-order valence-electron chi connectivity index (χ0n) is 9.21. The van der Waals surface area contributed by atoms with Crippen LogP contribution in [0.4, 0.5) is 0 Å². The van der Waals surface area contributed by atoms with E-state index >= 15 is 0 Å². The number of rotatable bonds is 4. The first-order valence-electron chi connectivity index (χ1n) is 4.90. The van der Waals surface area contributed by atoms with Gasteiger partial charge in [0.2, 0.25) is 5.88 Å². The van der Waals surface area contributed by atoms with Crippen LogP contribution in [0.15, 0.2) is 24.8 Å². The van der Waals surface area contributed by atoms with Crippen molar-refractivity contribution in [3.05, 3.63) is 30.5 Å². The number of aromatic nitrogens is 4. The fraction of sp³-hybridized carbons (Fsp3) is 0.300. The maximum atomic E-state index is 5.50. The van der Waals surface area contributed by atoms with E-state index in [-0.39, 0.29) is 0 Å². The Balaban J connectivity index is 2.12. The van der Waals surface area contributed by atoms with Crippen LogP contribution >= 0.6 is 0 Å². The third kappa shape index (κ3) is 2.54.